The van der Waals surface area contributed by atoms with Gasteiger partial charge in [0.1, 0.15) is 17.7 Å². The van der Waals surface area contributed by atoms with E-state index in [1.807, 2.05) is 18.2 Å². The molecule has 5 rings (SSSR count). The largest absolute Gasteiger partial charge is 0.496 e. The van der Waals surface area contributed by atoms with Crippen molar-refractivity contribution in [2.45, 2.75) is 38.7 Å². The van der Waals surface area contributed by atoms with Crippen molar-refractivity contribution < 1.29 is 23.0 Å². The average molecular weight is 520 g/mol. The molecule has 4 aromatic rings. The summed E-state index contributed by atoms with van der Waals surface area (Å²) in [6.45, 7) is 3.46. The van der Waals surface area contributed by atoms with Crippen LogP contribution in [0.4, 0.5) is 19.3 Å². The Kier molecular flexibility index (Phi) is 6.98. The molecule has 0 aliphatic heterocycles. The highest BCUT2D eigenvalue weighted by atomic mass is 32.1. The lowest BCUT2D eigenvalue weighted by atomic mass is 9.99. The molecule has 1 saturated carbocycles. The third-order valence-corrected chi connectivity index (χ3v) is 7.60. The predicted molar refractivity (Wildman–Crippen MR) is 143 cm³/mol. The van der Waals surface area contributed by atoms with Crippen LogP contribution in [0.25, 0.3) is 21.6 Å². The number of carbonyl (C=O) groups excluding carboxylic acids is 1. The van der Waals surface area contributed by atoms with Crippen LogP contribution in [0.2, 0.25) is 0 Å². The molecule has 1 aliphatic rings. The van der Waals surface area contributed by atoms with Gasteiger partial charge in [-0.1, -0.05) is 42.5 Å². The van der Waals surface area contributed by atoms with E-state index in [1.54, 1.807) is 27.0 Å². The maximum absolute atomic E-state index is 14.3. The van der Waals surface area contributed by atoms with Crippen LogP contribution in [-0.2, 0) is 4.74 Å². The molecule has 0 radical (unpaired) electrons. The first-order valence-electron chi connectivity index (χ1n) is 12.1. The van der Waals surface area contributed by atoms with Crippen LogP contribution in [-0.4, -0.2) is 13.2 Å². The maximum Gasteiger partial charge on any atom is 0.412 e. The lowest BCUT2D eigenvalue weighted by Gasteiger charge is -2.17. The number of halogens is 2. The number of benzene rings is 3. The molecule has 1 aliphatic carbocycles. The van der Waals surface area contributed by atoms with Gasteiger partial charge in [-0.3, -0.25) is 5.32 Å². The number of carbonyl (C=O) groups is 1. The van der Waals surface area contributed by atoms with Crippen LogP contribution in [0.3, 0.4) is 0 Å². The molecule has 0 spiro atoms. The minimum Gasteiger partial charge on any atom is -0.496 e. The minimum absolute atomic E-state index is 0.305. The van der Waals surface area contributed by atoms with Crippen LogP contribution < -0.4 is 10.1 Å². The number of nitrogens with one attached hydrogen (secondary N) is 1. The summed E-state index contributed by atoms with van der Waals surface area (Å²) in [5, 5.41) is 2.22. The number of hydrogen-bond donors (Lipinski definition) is 1. The fourth-order valence-electron chi connectivity index (χ4n) is 4.55. The molecular formula is C30H27F2NO3S. The van der Waals surface area contributed by atoms with E-state index in [2.05, 4.69) is 29.6 Å². The Hall–Kier alpha value is -3.71. The van der Waals surface area contributed by atoms with Crippen LogP contribution in [0.5, 0.6) is 5.75 Å². The molecule has 0 saturated heterocycles. The topological polar surface area (TPSA) is 47.6 Å². The van der Waals surface area contributed by atoms with Crippen molar-refractivity contribution in [1.29, 1.82) is 0 Å². The number of aryl methyl sites for hydroxylation is 1. The fraction of sp³-hybridized carbons (Fsp3) is 0.233. The van der Waals surface area contributed by atoms with Gasteiger partial charge in [-0.05, 0) is 78.6 Å². The first kappa shape index (κ1) is 25.0. The summed E-state index contributed by atoms with van der Waals surface area (Å²) in [4.78, 5) is 13.2. The van der Waals surface area contributed by atoms with Gasteiger partial charge in [-0.15, -0.1) is 11.3 Å². The van der Waals surface area contributed by atoms with E-state index in [0.29, 0.717) is 38.9 Å². The van der Waals surface area contributed by atoms with Crippen molar-refractivity contribution in [3.05, 3.63) is 94.4 Å². The molecule has 1 amide bonds. The van der Waals surface area contributed by atoms with E-state index in [-0.39, 0.29) is 5.82 Å². The lowest BCUT2D eigenvalue weighted by Crippen LogP contribution is -2.16. The first-order valence-corrected chi connectivity index (χ1v) is 13.0. The van der Waals surface area contributed by atoms with Gasteiger partial charge in [0.15, 0.2) is 5.13 Å². The molecule has 1 N–H and O–H groups in total. The zero-order chi connectivity index (χ0) is 26.1. The van der Waals surface area contributed by atoms with Gasteiger partial charge in [0.05, 0.1) is 17.7 Å². The summed E-state index contributed by atoms with van der Waals surface area (Å²) < 4.78 is 38.9. The Labute approximate surface area is 218 Å². The second kappa shape index (κ2) is 10.3. The van der Waals surface area contributed by atoms with E-state index < -0.39 is 17.3 Å². The normalized spacial score (nSPS) is 13.8. The monoisotopic (exact) mass is 519 g/mol. The van der Waals surface area contributed by atoms with Crippen LogP contribution in [0.15, 0.2) is 66.7 Å². The summed E-state index contributed by atoms with van der Waals surface area (Å²) in [7, 11) is 1.60. The van der Waals surface area contributed by atoms with Gasteiger partial charge in [0.25, 0.3) is 0 Å². The highest BCUT2D eigenvalue weighted by Crippen LogP contribution is 2.43. The summed E-state index contributed by atoms with van der Waals surface area (Å²) in [5.74, 6) is 0.986. The van der Waals surface area contributed by atoms with Gasteiger partial charge >= 0.3 is 6.09 Å². The standard InChI is InChI=1S/C30H27F2NO3S/c1-17-14-23(31)11-13-24(17)18(2)36-30(34)33-26-16-28(32)37-29(26)22-10-12-25(27(15-22)35-3)21-8-6-20(7-9-21)19-4-5-19/h6-16,18-19H,4-5H2,1-3H3,(H,33,34). The molecule has 1 aromatic heterocycles. The molecule has 3 aromatic carbocycles. The molecular weight excluding hydrogens is 492 g/mol. The van der Waals surface area contributed by atoms with Gasteiger partial charge in [0.2, 0.25) is 0 Å². The Bertz CT molecular complexity index is 1440. The Morgan fingerprint density at radius 1 is 1.00 bits per heavy atom. The average Bonchev–Trinajstić information content (AvgIpc) is 3.66. The minimum atomic E-state index is -0.727. The van der Waals surface area contributed by atoms with Crippen molar-refractivity contribution in [2.75, 3.05) is 12.4 Å². The van der Waals surface area contributed by atoms with E-state index in [0.717, 1.165) is 22.5 Å². The highest BCUT2D eigenvalue weighted by Gasteiger charge is 2.23. The van der Waals surface area contributed by atoms with Gasteiger partial charge in [0, 0.05) is 11.6 Å². The number of ether oxygens (including phenoxy) is 2. The second-order valence-corrected chi connectivity index (χ2v) is 10.3. The molecule has 1 atom stereocenters. The van der Waals surface area contributed by atoms with Crippen molar-refractivity contribution >= 4 is 23.1 Å². The van der Waals surface area contributed by atoms with Gasteiger partial charge in [-0.2, -0.15) is 4.39 Å². The third kappa shape index (κ3) is 5.52. The third-order valence-electron chi connectivity index (χ3n) is 6.63. The summed E-state index contributed by atoms with van der Waals surface area (Å²) in [5.41, 5.74) is 5.72. The Balaban J connectivity index is 1.36. The Morgan fingerprint density at radius 3 is 2.41 bits per heavy atom. The van der Waals surface area contributed by atoms with E-state index in [4.69, 9.17) is 9.47 Å². The zero-order valence-corrected chi connectivity index (χ0v) is 21.6. The molecule has 37 heavy (non-hydrogen) atoms. The molecule has 1 unspecified atom stereocenters. The highest BCUT2D eigenvalue weighted by molar-refractivity contribution is 7.14. The van der Waals surface area contributed by atoms with Crippen LogP contribution in [0.1, 0.15) is 48.5 Å². The molecule has 0 bridgehead atoms. The van der Waals surface area contributed by atoms with Crippen molar-refractivity contribution in [2.24, 2.45) is 0 Å². The number of methoxy groups -OCH3 is 1. The van der Waals surface area contributed by atoms with Gasteiger partial charge < -0.3 is 9.47 Å². The van der Waals surface area contributed by atoms with E-state index >= 15 is 0 Å². The quantitative estimate of drug-likeness (QED) is 0.265. The molecule has 1 fully saturated rings. The Morgan fingerprint density at radius 2 is 1.73 bits per heavy atom. The van der Waals surface area contributed by atoms with Crippen molar-refractivity contribution in [3.8, 4) is 27.3 Å². The molecule has 7 heteroatoms. The molecule has 1 heterocycles. The summed E-state index contributed by atoms with van der Waals surface area (Å²) >= 11 is 0.928. The van der Waals surface area contributed by atoms with Gasteiger partial charge in [-0.25, -0.2) is 9.18 Å². The number of anilines is 1. The van der Waals surface area contributed by atoms with Crippen molar-refractivity contribution in [3.63, 3.8) is 0 Å². The zero-order valence-electron chi connectivity index (χ0n) is 20.8. The molecule has 190 valence electrons. The van der Waals surface area contributed by atoms with E-state index in [9.17, 15) is 13.6 Å². The fourth-order valence-corrected chi connectivity index (χ4v) is 5.39. The number of thiophene rings is 1. The van der Waals surface area contributed by atoms with E-state index in [1.165, 1.54) is 36.6 Å². The first-order chi connectivity index (χ1) is 17.8. The predicted octanol–water partition coefficient (Wildman–Crippen LogP) is 8.86. The lowest BCUT2D eigenvalue weighted by molar-refractivity contribution is 0.121. The number of rotatable bonds is 7. The van der Waals surface area contributed by atoms with Crippen LogP contribution in [0, 0.1) is 17.9 Å². The second-order valence-electron chi connectivity index (χ2n) is 9.28. The van der Waals surface area contributed by atoms with Crippen molar-refractivity contribution in [1.82, 2.24) is 0 Å². The number of amides is 1. The number of hydrogen-bond acceptors (Lipinski definition) is 4. The smallest absolute Gasteiger partial charge is 0.412 e. The van der Waals surface area contributed by atoms with Crippen LogP contribution >= 0.6 is 11.3 Å². The molecule has 4 nitrogen and oxygen atoms in total. The SMILES string of the molecule is COc1cc(-c2sc(F)cc2NC(=O)OC(C)c2ccc(F)cc2C)ccc1-c1ccc(C2CC2)cc1. The maximum atomic E-state index is 14.3. The summed E-state index contributed by atoms with van der Waals surface area (Å²) in [6, 6.07) is 19.8. The summed E-state index contributed by atoms with van der Waals surface area (Å²) in [6.07, 6.45) is 1.17.